The minimum Gasteiger partial charge on any atom is -0.390 e. The van der Waals surface area contributed by atoms with Crippen LogP contribution in [0.15, 0.2) is 18.5 Å². The maximum absolute atomic E-state index is 9.87. The Labute approximate surface area is 153 Å². The molecule has 2 N–H and O–H groups in total. The Morgan fingerprint density at radius 1 is 1.43 bits per heavy atom. The molecule has 3 rings (SSSR count). The summed E-state index contributed by atoms with van der Waals surface area (Å²) in [6, 6.07) is 3.73. The topological polar surface area (TPSA) is 50.1 Å². The zero-order chi connectivity index (χ0) is 14.8. The molecule has 2 heterocycles. The molecule has 1 aromatic heterocycles. The molecule has 0 unspecified atom stereocenters. The van der Waals surface area contributed by atoms with Gasteiger partial charge in [-0.2, -0.15) is 0 Å². The number of hydrogen-bond acceptors (Lipinski definition) is 3. The van der Waals surface area contributed by atoms with E-state index in [2.05, 4.69) is 22.1 Å². The fourth-order valence-electron chi connectivity index (χ4n) is 2.63. The largest absolute Gasteiger partial charge is 0.390 e. The molecule has 2 atom stereocenters. The zero-order valence-corrected chi connectivity index (χ0v) is 15.1. The molecule has 0 amide bonds. The Kier molecular flexibility index (Phi) is 7.66. The molecule has 7 heteroatoms. The number of nitrogens with one attached hydrogen (secondary N) is 1. The molecule has 0 bridgehead atoms. The quantitative estimate of drug-likeness (QED) is 0.752. The summed E-state index contributed by atoms with van der Waals surface area (Å²) in [5.74, 6) is 6.25. The maximum Gasteiger partial charge on any atom is 0.0967 e. The van der Waals surface area contributed by atoms with Gasteiger partial charge in [0.25, 0.3) is 0 Å². The van der Waals surface area contributed by atoms with Crippen LogP contribution in [0.5, 0.6) is 0 Å². The second-order valence-electron chi connectivity index (χ2n) is 5.38. The first-order chi connectivity index (χ1) is 10.2. The normalized spacial score (nSPS) is 20.1. The van der Waals surface area contributed by atoms with Crippen molar-refractivity contribution in [2.75, 3.05) is 6.54 Å². The van der Waals surface area contributed by atoms with Gasteiger partial charge >= 0.3 is 0 Å². The molecule has 1 saturated heterocycles. The summed E-state index contributed by atoms with van der Waals surface area (Å²) in [7, 11) is 0. The zero-order valence-electron chi connectivity index (χ0n) is 12.8. The number of aromatic nitrogens is 2. The van der Waals surface area contributed by atoms with Crippen LogP contribution in [0.1, 0.15) is 18.4 Å². The van der Waals surface area contributed by atoms with Crippen LogP contribution < -0.4 is 5.32 Å². The lowest BCUT2D eigenvalue weighted by atomic mass is 10.0. The first-order valence-corrected chi connectivity index (χ1v) is 7.54. The molecule has 1 aliphatic heterocycles. The van der Waals surface area contributed by atoms with E-state index in [1.165, 1.54) is 0 Å². The third-order valence-electron chi connectivity index (χ3n) is 3.91. The number of halogens is 3. The molecule has 1 aromatic carbocycles. The minimum absolute atomic E-state index is 0. The van der Waals surface area contributed by atoms with Gasteiger partial charge in [-0.1, -0.05) is 23.4 Å². The van der Waals surface area contributed by atoms with Gasteiger partial charge < -0.3 is 15.0 Å². The van der Waals surface area contributed by atoms with Crippen LogP contribution in [0, 0.1) is 18.8 Å². The van der Waals surface area contributed by atoms with Gasteiger partial charge in [0.15, 0.2) is 0 Å². The van der Waals surface area contributed by atoms with E-state index >= 15 is 0 Å². The van der Waals surface area contributed by atoms with E-state index in [0.29, 0.717) is 6.54 Å². The van der Waals surface area contributed by atoms with E-state index in [9.17, 15) is 5.11 Å². The summed E-state index contributed by atoms with van der Waals surface area (Å²) in [4.78, 5) is 4.41. The third-order valence-corrected chi connectivity index (χ3v) is 4.32. The van der Waals surface area contributed by atoms with Gasteiger partial charge in [-0.3, -0.25) is 0 Å². The lowest BCUT2D eigenvalue weighted by Crippen LogP contribution is -2.43. The van der Waals surface area contributed by atoms with Gasteiger partial charge in [0.2, 0.25) is 0 Å². The number of rotatable bonds is 1. The van der Waals surface area contributed by atoms with Gasteiger partial charge in [0, 0.05) is 5.02 Å². The fraction of sp³-hybridized carbons (Fsp3) is 0.438. The number of imidazole rings is 1. The molecule has 0 radical (unpaired) electrons. The predicted octanol–water partition coefficient (Wildman–Crippen LogP) is 2.96. The highest BCUT2D eigenvalue weighted by atomic mass is 35.5. The van der Waals surface area contributed by atoms with Crippen molar-refractivity contribution in [2.24, 2.45) is 0 Å². The van der Waals surface area contributed by atoms with Crippen molar-refractivity contribution in [1.82, 2.24) is 14.9 Å². The van der Waals surface area contributed by atoms with Crippen molar-refractivity contribution in [3.63, 3.8) is 0 Å². The minimum atomic E-state index is -0.369. The second kappa shape index (κ2) is 8.77. The predicted molar refractivity (Wildman–Crippen MR) is 98.8 cm³/mol. The van der Waals surface area contributed by atoms with Crippen molar-refractivity contribution >= 4 is 47.4 Å². The van der Waals surface area contributed by atoms with Crippen molar-refractivity contribution in [3.8, 4) is 11.8 Å². The average molecular weight is 377 g/mol. The fourth-order valence-corrected chi connectivity index (χ4v) is 2.78. The molecule has 4 nitrogen and oxygen atoms in total. The van der Waals surface area contributed by atoms with E-state index in [-0.39, 0.29) is 37.0 Å². The lowest BCUT2D eigenvalue weighted by Gasteiger charge is -2.24. The van der Waals surface area contributed by atoms with Gasteiger partial charge in [-0.05, 0) is 44.0 Å². The number of aryl methyl sites for hydroxylation is 1. The van der Waals surface area contributed by atoms with E-state index in [1.54, 1.807) is 6.33 Å². The molecule has 1 fully saturated rings. The number of nitrogens with zero attached hydrogens (tertiary/aromatic N) is 2. The first-order valence-electron chi connectivity index (χ1n) is 7.16. The smallest absolute Gasteiger partial charge is 0.0967 e. The Hall–Kier alpha value is -0.960. The number of piperidine rings is 1. The summed E-state index contributed by atoms with van der Waals surface area (Å²) in [5.41, 5.74) is 2.94. The van der Waals surface area contributed by atoms with Crippen LogP contribution >= 0.6 is 36.4 Å². The first kappa shape index (κ1) is 20.1. The number of fused-ring (bicyclic) bond motifs is 1. The summed E-state index contributed by atoms with van der Waals surface area (Å²) >= 11 is 6.11. The summed E-state index contributed by atoms with van der Waals surface area (Å²) in [6.07, 6.45) is 3.24. The Balaban J connectivity index is 0.00000132. The molecule has 126 valence electrons. The van der Waals surface area contributed by atoms with Crippen LogP contribution in [-0.4, -0.2) is 33.3 Å². The molecule has 1 aliphatic rings. The van der Waals surface area contributed by atoms with Crippen molar-refractivity contribution in [1.29, 1.82) is 0 Å². The molecule has 0 saturated carbocycles. The molecular weight excluding hydrogens is 357 g/mol. The van der Waals surface area contributed by atoms with Crippen LogP contribution in [0.2, 0.25) is 5.02 Å². The third kappa shape index (κ3) is 4.32. The van der Waals surface area contributed by atoms with Gasteiger partial charge in [0.05, 0.1) is 36.1 Å². The average Bonchev–Trinajstić information content (AvgIpc) is 2.89. The van der Waals surface area contributed by atoms with Crippen LogP contribution in [0.25, 0.3) is 11.0 Å². The standard InChI is InChI=1S/C16H18ClN3O.2ClH/c1-11-12(17)6-7-14-16(11)19-10-20(14)9-3-4-13-15(21)5-2-8-18-13;;/h6-7,10,13,15,18,21H,2,5,8-9H2,1H3;2*1H/t13-,15+;;/m1../s1. The highest BCUT2D eigenvalue weighted by Crippen LogP contribution is 2.23. The summed E-state index contributed by atoms with van der Waals surface area (Å²) < 4.78 is 2.00. The summed E-state index contributed by atoms with van der Waals surface area (Å²) in [5, 5.41) is 13.8. The highest BCUT2D eigenvalue weighted by molar-refractivity contribution is 6.32. The second-order valence-corrected chi connectivity index (χ2v) is 5.78. The van der Waals surface area contributed by atoms with E-state index in [4.69, 9.17) is 11.6 Å². The summed E-state index contributed by atoms with van der Waals surface area (Å²) in [6.45, 7) is 3.45. The Morgan fingerprint density at radius 3 is 2.96 bits per heavy atom. The van der Waals surface area contributed by atoms with Crippen molar-refractivity contribution in [3.05, 3.63) is 29.0 Å². The van der Waals surface area contributed by atoms with Crippen LogP contribution in [0.4, 0.5) is 0 Å². The van der Waals surface area contributed by atoms with E-state index in [1.807, 2.05) is 23.6 Å². The van der Waals surface area contributed by atoms with Crippen LogP contribution in [-0.2, 0) is 6.54 Å². The number of aliphatic hydroxyl groups excluding tert-OH is 1. The molecule has 23 heavy (non-hydrogen) atoms. The van der Waals surface area contributed by atoms with E-state index < -0.39 is 0 Å². The maximum atomic E-state index is 9.87. The number of benzene rings is 1. The lowest BCUT2D eigenvalue weighted by molar-refractivity contribution is 0.118. The molecule has 0 spiro atoms. The number of aliphatic hydroxyl groups is 1. The van der Waals surface area contributed by atoms with Gasteiger partial charge in [-0.15, -0.1) is 24.8 Å². The van der Waals surface area contributed by atoms with Gasteiger partial charge in [-0.25, -0.2) is 4.98 Å². The van der Waals surface area contributed by atoms with Gasteiger partial charge in [0.1, 0.15) is 0 Å². The number of hydrogen-bond donors (Lipinski definition) is 2. The Bertz CT molecular complexity index is 720. The van der Waals surface area contributed by atoms with E-state index in [0.717, 1.165) is 41.0 Å². The highest BCUT2D eigenvalue weighted by Gasteiger charge is 2.19. The Morgan fingerprint density at radius 2 is 2.22 bits per heavy atom. The molecular formula is C16H20Cl3N3O. The molecule has 2 aromatic rings. The SMILES string of the molecule is Cc1c(Cl)ccc2c1ncn2CC#C[C@H]1NCCC[C@@H]1O.Cl.Cl. The van der Waals surface area contributed by atoms with Crippen molar-refractivity contribution in [2.45, 2.75) is 38.5 Å². The molecule has 0 aliphatic carbocycles. The monoisotopic (exact) mass is 375 g/mol. The van der Waals surface area contributed by atoms with Crippen molar-refractivity contribution < 1.29 is 5.11 Å². The van der Waals surface area contributed by atoms with Crippen LogP contribution in [0.3, 0.4) is 0 Å².